The second-order valence-corrected chi connectivity index (χ2v) is 6.15. The highest BCUT2D eigenvalue weighted by Crippen LogP contribution is 2.24. The van der Waals surface area contributed by atoms with Gasteiger partial charge in [0.25, 0.3) is 0 Å². The second kappa shape index (κ2) is 5.98. The molecular formula is C16H21ClN4. The van der Waals surface area contributed by atoms with E-state index in [4.69, 9.17) is 17.3 Å². The zero-order valence-electron chi connectivity index (χ0n) is 12.3. The molecule has 1 aromatic heterocycles. The lowest BCUT2D eigenvalue weighted by atomic mass is 9.93. The summed E-state index contributed by atoms with van der Waals surface area (Å²) >= 11 is 6.05. The van der Waals surface area contributed by atoms with Crippen LogP contribution >= 0.6 is 11.6 Å². The minimum atomic E-state index is 0.536. The normalized spacial score (nSPS) is 16.2. The molecule has 0 atom stereocenters. The lowest BCUT2D eigenvalue weighted by Crippen LogP contribution is -2.43. The van der Waals surface area contributed by atoms with Crippen LogP contribution in [0.2, 0.25) is 5.02 Å². The SMILES string of the molecule is Cn1cc(CCN=C(N)NC2CCC2)c2ccc(Cl)cc21. The molecule has 5 heteroatoms. The molecule has 1 aliphatic carbocycles. The van der Waals surface area contributed by atoms with Crippen LogP contribution in [0.25, 0.3) is 10.9 Å². The lowest BCUT2D eigenvalue weighted by Gasteiger charge is -2.26. The first kappa shape index (κ1) is 14.3. The van der Waals surface area contributed by atoms with Crippen molar-refractivity contribution < 1.29 is 0 Å². The molecule has 1 fully saturated rings. The summed E-state index contributed by atoms with van der Waals surface area (Å²) in [5, 5.41) is 5.26. The quantitative estimate of drug-likeness (QED) is 0.674. The molecular weight excluding hydrogens is 284 g/mol. The number of fused-ring (bicyclic) bond motifs is 1. The first-order valence-corrected chi connectivity index (χ1v) is 7.81. The van der Waals surface area contributed by atoms with Gasteiger partial charge in [-0.2, -0.15) is 0 Å². The van der Waals surface area contributed by atoms with Gasteiger partial charge in [0.15, 0.2) is 5.96 Å². The maximum absolute atomic E-state index is 6.05. The number of aryl methyl sites for hydroxylation is 1. The van der Waals surface area contributed by atoms with Gasteiger partial charge >= 0.3 is 0 Å². The van der Waals surface area contributed by atoms with E-state index in [-0.39, 0.29) is 0 Å². The van der Waals surface area contributed by atoms with Crippen molar-refractivity contribution in [2.45, 2.75) is 31.7 Å². The lowest BCUT2D eigenvalue weighted by molar-refractivity contribution is 0.382. The summed E-state index contributed by atoms with van der Waals surface area (Å²) in [4.78, 5) is 4.42. The van der Waals surface area contributed by atoms with E-state index in [1.807, 2.05) is 19.2 Å². The van der Waals surface area contributed by atoms with E-state index in [0.717, 1.165) is 17.0 Å². The summed E-state index contributed by atoms with van der Waals surface area (Å²) in [5.74, 6) is 0.572. The van der Waals surface area contributed by atoms with E-state index in [1.54, 1.807) is 0 Å². The van der Waals surface area contributed by atoms with Crippen molar-refractivity contribution in [1.82, 2.24) is 9.88 Å². The highest BCUT2D eigenvalue weighted by atomic mass is 35.5. The van der Waals surface area contributed by atoms with Gasteiger partial charge in [-0.15, -0.1) is 0 Å². The topological polar surface area (TPSA) is 55.3 Å². The molecule has 3 N–H and O–H groups in total. The molecule has 2 aromatic rings. The van der Waals surface area contributed by atoms with Crippen LogP contribution in [0.5, 0.6) is 0 Å². The Morgan fingerprint density at radius 2 is 2.29 bits per heavy atom. The van der Waals surface area contributed by atoms with E-state index in [2.05, 4.69) is 27.1 Å². The molecule has 1 aliphatic rings. The predicted octanol–water partition coefficient (Wildman–Crippen LogP) is 2.83. The Kier molecular flexibility index (Phi) is 4.06. The molecule has 3 rings (SSSR count). The van der Waals surface area contributed by atoms with Gasteiger partial charge in [0.2, 0.25) is 0 Å². The number of nitrogens with zero attached hydrogens (tertiary/aromatic N) is 2. The van der Waals surface area contributed by atoms with Crippen LogP contribution in [-0.4, -0.2) is 23.1 Å². The van der Waals surface area contributed by atoms with Crippen molar-refractivity contribution in [3.8, 4) is 0 Å². The summed E-state index contributed by atoms with van der Waals surface area (Å²) < 4.78 is 2.11. The number of benzene rings is 1. The van der Waals surface area contributed by atoms with Gasteiger partial charge < -0.3 is 15.6 Å². The molecule has 1 aromatic carbocycles. The van der Waals surface area contributed by atoms with E-state index in [9.17, 15) is 0 Å². The van der Waals surface area contributed by atoms with Gasteiger partial charge in [-0.05, 0) is 43.4 Å². The minimum absolute atomic E-state index is 0.536. The van der Waals surface area contributed by atoms with Gasteiger partial charge in [0.05, 0.1) is 0 Å². The molecule has 1 saturated carbocycles. The Hall–Kier alpha value is -1.68. The average Bonchev–Trinajstić information content (AvgIpc) is 2.71. The second-order valence-electron chi connectivity index (χ2n) is 5.72. The fourth-order valence-electron chi connectivity index (χ4n) is 2.74. The monoisotopic (exact) mass is 304 g/mol. The maximum atomic E-state index is 6.05. The van der Waals surface area contributed by atoms with Crippen molar-refractivity contribution >= 4 is 28.5 Å². The molecule has 1 heterocycles. The fraction of sp³-hybridized carbons (Fsp3) is 0.438. The van der Waals surface area contributed by atoms with E-state index >= 15 is 0 Å². The van der Waals surface area contributed by atoms with Gasteiger partial charge in [0.1, 0.15) is 0 Å². The summed E-state index contributed by atoms with van der Waals surface area (Å²) in [6, 6.07) is 6.54. The molecule has 112 valence electrons. The van der Waals surface area contributed by atoms with Crippen LogP contribution in [0.3, 0.4) is 0 Å². The Morgan fingerprint density at radius 3 is 3.00 bits per heavy atom. The van der Waals surface area contributed by atoms with Crippen molar-refractivity contribution in [3.63, 3.8) is 0 Å². The van der Waals surface area contributed by atoms with Gasteiger partial charge in [0, 0.05) is 41.8 Å². The van der Waals surface area contributed by atoms with Crippen LogP contribution in [0, 0.1) is 0 Å². The van der Waals surface area contributed by atoms with Crippen LogP contribution in [-0.2, 0) is 13.5 Å². The number of nitrogens with one attached hydrogen (secondary N) is 1. The molecule has 0 radical (unpaired) electrons. The number of aliphatic imine (C=N–C) groups is 1. The molecule has 0 spiro atoms. The van der Waals surface area contributed by atoms with Crippen LogP contribution in [0.1, 0.15) is 24.8 Å². The largest absolute Gasteiger partial charge is 0.370 e. The average molecular weight is 305 g/mol. The smallest absolute Gasteiger partial charge is 0.188 e. The fourth-order valence-corrected chi connectivity index (χ4v) is 2.91. The first-order chi connectivity index (χ1) is 10.1. The summed E-state index contributed by atoms with van der Waals surface area (Å²) in [6.45, 7) is 0.702. The Balaban J connectivity index is 1.66. The Labute approximate surface area is 130 Å². The minimum Gasteiger partial charge on any atom is -0.370 e. The van der Waals surface area contributed by atoms with E-state index in [1.165, 1.54) is 30.2 Å². The van der Waals surface area contributed by atoms with Crippen LogP contribution in [0.15, 0.2) is 29.4 Å². The molecule has 0 bridgehead atoms. The zero-order chi connectivity index (χ0) is 14.8. The van der Waals surface area contributed by atoms with Gasteiger partial charge in [-0.3, -0.25) is 4.99 Å². The predicted molar refractivity (Wildman–Crippen MR) is 88.9 cm³/mol. The number of guanidine groups is 1. The van der Waals surface area contributed by atoms with Crippen molar-refractivity contribution in [2.24, 2.45) is 17.8 Å². The summed E-state index contributed by atoms with van der Waals surface area (Å²) in [7, 11) is 2.04. The van der Waals surface area contributed by atoms with Crippen molar-refractivity contribution in [1.29, 1.82) is 0 Å². The molecule has 0 aliphatic heterocycles. The number of nitrogens with two attached hydrogens (primary N) is 1. The third-order valence-corrected chi connectivity index (χ3v) is 4.39. The first-order valence-electron chi connectivity index (χ1n) is 7.43. The number of rotatable bonds is 4. The van der Waals surface area contributed by atoms with E-state index in [0.29, 0.717) is 18.5 Å². The molecule has 0 unspecified atom stereocenters. The van der Waals surface area contributed by atoms with Crippen molar-refractivity contribution in [3.05, 3.63) is 35.0 Å². The van der Waals surface area contributed by atoms with Crippen LogP contribution in [0.4, 0.5) is 0 Å². The van der Waals surface area contributed by atoms with Crippen LogP contribution < -0.4 is 11.1 Å². The number of halogens is 1. The number of aromatic nitrogens is 1. The van der Waals surface area contributed by atoms with E-state index < -0.39 is 0 Å². The maximum Gasteiger partial charge on any atom is 0.188 e. The third-order valence-electron chi connectivity index (χ3n) is 4.16. The number of hydrogen-bond acceptors (Lipinski definition) is 1. The van der Waals surface area contributed by atoms with Crippen molar-refractivity contribution in [2.75, 3.05) is 6.54 Å². The van der Waals surface area contributed by atoms with Gasteiger partial charge in [-0.25, -0.2) is 0 Å². The van der Waals surface area contributed by atoms with Gasteiger partial charge in [-0.1, -0.05) is 17.7 Å². The summed E-state index contributed by atoms with van der Waals surface area (Å²) in [5.41, 5.74) is 8.34. The highest BCUT2D eigenvalue weighted by molar-refractivity contribution is 6.31. The molecule has 0 saturated heterocycles. The molecule has 0 amide bonds. The Morgan fingerprint density at radius 1 is 1.48 bits per heavy atom. The molecule has 21 heavy (non-hydrogen) atoms. The highest BCUT2D eigenvalue weighted by Gasteiger charge is 2.17. The number of hydrogen-bond donors (Lipinski definition) is 2. The third kappa shape index (κ3) is 3.16. The zero-order valence-corrected chi connectivity index (χ0v) is 13.0. The summed E-state index contributed by atoms with van der Waals surface area (Å²) in [6.07, 6.45) is 6.74. The standard InChI is InChI=1S/C16H21ClN4/c1-21-10-11(14-6-5-12(17)9-15(14)21)7-8-19-16(18)20-13-3-2-4-13/h5-6,9-10,13H,2-4,7-8H2,1H3,(H3,18,19,20). The Bertz CT molecular complexity index is 670. The molecule has 4 nitrogen and oxygen atoms in total.